The van der Waals surface area contributed by atoms with Crippen LogP contribution in [0, 0.1) is 0 Å². The zero-order chi connectivity index (χ0) is 17.9. The van der Waals surface area contributed by atoms with Gasteiger partial charge in [-0.15, -0.1) is 22.7 Å². The Morgan fingerprint density at radius 3 is 2.69 bits per heavy atom. The van der Waals surface area contributed by atoms with Gasteiger partial charge in [0.05, 0.1) is 16.1 Å². The van der Waals surface area contributed by atoms with E-state index in [4.69, 9.17) is 4.42 Å². The van der Waals surface area contributed by atoms with Crippen LogP contribution in [0.5, 0.6) is 0 Å². The molecule has 1 aliphatic heterocycles. The number of anilines is 2. The number of nitrogens with one attached hydrogen (secondary N) is 1. The number of nitrogens with zero attached hydrogens (tertiary/aromatic N) is 3. The Bertz CT molecular complexity index is 881. The van der Waals surface area contributed by atoms with Crippen LogP contribution < -0.4 is 10.2 Å². The third kappa shape index (κ3) is 3.49. The number of furan rings is 1. The number of carbonyl (C=O) groups excluding carboxylic acids is 2. The van der Waals surface area contributed by atoms with Gasteiger partial charge < -0.3 is 19.5 Å². The number of piperazine rings is 1. The van der Waals surface area contributed by atoms with Crippen LogP contribution in [0.4, 0.5) is 10.1 Å². The van der Waals surface area contributed by atoms with Gasteiger partial charge in [-0.25, -0.2) is 4.98 Å². The van der Waals surface area contributed by atoms with Crippen molar-refractivity contribution in [3.63, 3.8) is 0 Å². The number of hydrogen-bond donors (Lipinski definition) is 1. The first kappa shape index (κ1) is 16.8. The summed E-state index contributed by atoms with van der Waals surface area (Å²) in [4.78, 5) is 33.7. The molecule has 9 heteroatoms. The van der Waals surface area contributed by atoms with Crippen molar-refractivity contribution in [3.05, 3.63) is 52.7 Å². The summed E-state index contributed by atoms with van der Waals surface area (Å²) in [5.41, 5.74) is 0. The van der Waals surface area contributed by atoms with Gasteiger partial charge in [0.2, 0.25) is 0 Å². The van der Waals surface area contributed by atoms with Crippen molar-refractivity contribution in [1.82, 2.24) is 9.88 Å². The monoisotopic (exact) mass is 388 g/mol. The molecular weight excluding hydrogens is 372 g/mol. The standard InChI is InChI=1S/C17H16N4O3S2/c22-15(12-2-1-10-24-12)19-14-4-3-13(26-14)16(23)20-6-8-21(9-7-20)17-18-5-11-25-17/h1-5,10-11H,6-9H2,(H,19,22). The van der Waals surface area contributed by atoms with Crippen molar-refractivity contribution in [2.24, 2.45) is 0 Å². The quantitative estimate of drug-likeness (QED) is 0.743. The SMILES string of the molecule is O=C(Nc1ccc(C(=O)N2CCN(c3nccs3)CC2)s1)c1ccco1. The predicted octanol–water partition coefficient (Wildman–Crippen LogP) is 3.01. The molecular formula is C17H16N4O3S2. The fourth-order valence-electron chi connectivity index (χ4n) is 2.73. The summed E-state index contributed by atoms with van der Waals surface area (Å²) in [5.74, 6) is -0.0928. The highest BCUT2D eigenvalue weighted by Crippen LogP contribution is 2.25. The topological polar surface area (TPSA) is 78.7 Å². The molecule has 0 aromatic carbocycles. The van der Waals surface area contributed by atoms with Crippen LogP contribution in [-0.4, -0.2) is 47.9 Å². The lowest BCUT2D eigenvalue weighted by molar-refractivity contribution is 0.0751. The lowest BCUT2D eigenvalue weighted by atomic mass is 10.3. The molecule has 4 heterocycles. The molecule has 3 aromatic rings. The van der Waals surface area contributed by atoms with E-state index < -0.39 is 0 Å². The lowest BCUT2D eigenvalue weighted by Gasteiger charge is -2.34. The Labute approximate surface area is 157 Å². The molecule has 134 valence electrons. The zero-order valence-corrected chi connectivity index (χ0v) is 15.4. The second-order valence-electron chi connectivity index (χ2n) is 5.69. The molecule has 0 bridgehead atoms. The lowest BCUT2D eigenvalue weighted by Crippen LogP contribution is -2.48. The summed E-state index contributed by atoms with van der Waals surface area (Å²) in [5, 5.41) is 6.32. The molecule has 4 rings (SSSR count). The second kappa shape index (κ2) is 7.30. The Morgan fingerprint density at radius 2 is 2.00 bits per heavy atom. The average molecular weight is 388 g/mol. The molecule has 1 N–H and O–H groups in total. The van der Waals surface area contributed by atoms with E-state index in [-0.39, 0.29) is 17.6 Å². The molecule has 7 nitrogen and oxygen atoms in total. The number of rotatable bonds is 4. The molecule has 2 amide bonds. The molecule has 0 aliphatic carbocycles. The summed E-state index contributed by atoms with van der Waals surface area (Å²) < 4.78 is 5.07. The van der Waals surface area contributed by atoms with Gasteiger partial charge in [-0.2, -0.15) is 0 Å². The number of thiophene rings is 1. The molecule has 26 heavy (non-hydrogen) atoms. The van der Waals surface area contributed by atoms with E-state index >= 15 is 0 Å². The predicted molar refractivity (Wildman–Crippen MR) is 101 cm³/mol. The first-order valence-corrected chi connectivity index (χ1v) is 9.79. The van der Waals surface area contributed by atoms with Gasteiger partial charge >= 0.3 is 0 Å². The minimum atomic E-state index is -0.326. The third-order valence-corrected chi connectivity index (χ3v) is 5.88. The van der Waals surface area contributed by atoms with Crippen molar-refractivity contribution < 1.29 is 14.0 Å². The molecule has 1 fully saturated rings. The van der Waals surface area contributed by atoms with E-state index in [0.717, 1.165) is 18.2 Å². The molecule has 0 unspecified atom stereocenters. The van der Waals surface area contributed by atoms with Crippen LogP contribution in [0.15, 0.2) is 46.5 Å². The molecule has 0 radical (unpaired) electrons. The average Bonchev–Trinajstić information content (AvgIpc) is 3.43. The maximum Gasteiger partial charge on any atom is 0.291 e. The highest BCUT2D eigenvalue weighted by atomic mass is 32.1. The van der Waals surface area contributed by atoms with Gasteiger partial charge in [-0.05, 0) is 24.3 Å². The van der Waals surface area contributed by atoms with Gasteiger partial charge in [0.25, 0.3) is 11.8 Å². The molecule has 3 aromatic heterocycles. The van der Waals surface area contributed by atoms with Crippen LogP contribution in [0.25, 0.3) is 0 Å². The van der Waals surface area contributed by atoms with E-state index in [1.165, 1.54) is 17.6 Å². The Morgan fingerprint density at radius 1 is 1.15 bits per heavy atom. The van der Waals surface area contributed by atoms with Crippen LogP contribution >= 0.6 is 22.7 Å². The van der Waals surface area contributed by atoms with Gasteiger partial charge in [-0.1, -0.05) is 0 Å². The van der Waals surface area contributed by atoms with Crippen molar-refractivity contribution in [2.45, 2.75) is 0 Å². The van der Waals surface area contributed by atoms with Gasteiger partial charge in [0.15, 0.2) is 10.9 Å². The molecule has 0 saturated carbocycles. The summed E-state index contributed by atoms with van der Waals surface area (Å²) in [6.45, 7) is 2.86. The summed E-state index contributed by atoms with van der Waals surface area (Å²) in [6.07, 6.45) is 3.24. The van der Waals surface area contributed by atoms with E-state index in [2.05, 4.69) is 15.2 Å². The van der Waals surface area contributed by atoms with E-state index in [0.29, 0.717) is 23.0 Å². The third-order valence-electron chi connectivity index (χ3n) is 4.06. The number of carbonyl (C=O) groups is 2. The smallest absolute Gasteiger partial charge is 0.291 e. The van der Waals surface area contributed by atoms with Crippen LogP contribution in [0.3, 0.4) is 0 Å². The van der Waals surface area contributed by atoms with Gasteiger partial charge in [0, 0.05) is 37.8 Å². The van der Waals surface area contributed by atoms with Crippen molar-refractivity contribution in [2.75, 3.05) is 36.4 Å². The van der Waals surface area contributed by atoms with E-state index in [9.17, 15) is 9.59 Å². The van der Waals surface area contributed by atoms with Crippen molar-refractivity contribution in [3.8, 4) is 0 Å². The second-order valence-corrected chi connectivity index (χ2v) is 7.65. The highest BCUT2D eigenvalue weighted by Gasteiger charge is 2.24. The maximum absolute atomic E-state index is 12.7. The molecule has 1 saturated heterocycles. The number of aromatic nitrogens is 1. The van der Waals surface area contributed by atoms with E-state index in [1.54, 1.807) is 41.8 Å². The van der Waals surface area contributed by atoms with Gasteiger partial charge in [0.1, 0.15) is 0 Å². The van der Waals surface area contributed by atoms with Crippen LogP contribution in [0.2, 0.25) is 0 Å². The fraction of sp³-hybridized carbons (Fsp3) is 0.235. The first-order chi connectivity index (χ1) is 12.7. The zero-order valence-electron chi connectivity index (χ0n) is 13.8. The minimum Gasteiger partial charge on any atom is -0.459 e. The van der Waals surface area contributed by atoms with Crippen molar-refractivity contribution in [1.29, 1.82) is 0 Å². The number of amides is 2. The van der Waals surface area contributed by atoms with Crippen LogP contribution in [-0.2, 0) is 0 Å². The Kier molecular flexibility index (Phi) is 4.72. The Balaban J connectivity index is 1.35. The normalized spacial score (nSPS) is 14.5. The highest BCUT2D eigenvalue weighted by molar-refractivity contribution is 7.18. The summed E-state index contributed by atoms with van der Waals surface area (Å²) >= 11 is 2.88. The molecule has 0 atom stereocenters. The van der Waals surface area contributed by atoms with Crippen molar-refractivity contribution >= 4 is 44.6 Å². The maximum atomic E-state index is 12.7. The number of hydrogen-bond acceptors (Lipinski definition) is 7. The summed E-state index contributed by atoms with van der Waals surface area (Å²) in [6, 6.07) is 6.74. The summed E-state index contributed by atoms with van der Waals surface area (Å²) in [7, 11) is 0. The van der Waals surface area contributed by atoms with Crippen LogP contribution in [0.1, 0.15) is 20.2 Å². The van der Waals surface area contributed by atoms with E-state index in [1.807, 2.05) is 10.3 Å². The van der Waals surface area contributed by atoms with Gasteiger partial charge in [-0.3, -0.25) is 9.59 Å². The minimum absolute atomic E-state index is 0.00714. The Hall–Kier alpha value is -2.65. The molecule has 0 spiro atoms. The fourth-order valence-corrected chi connectivity index (χ4v) is 4.30. The molecule has 1 aliphatic rings. The number of thiazole rings is 1. The first-order valence-electron chi connectivity index (χ1n) is 8.09. The largest absolute Gasteiger partial charge is 0.459 e.